The average Bonchev–Trinajstić information content (AvgIpc) is 2.53. The zero-order valence-corrected chi connectivity index (χ0v) is 12.6. The summed E-state index contributed by atoms with van der Waals surface area (Å²) in [6.07, 6.45) is -1.46. The van der Waals surface area contributed by atoms with Gasteiger partial charge in [-0.2, -0.15) is 0 Å². The second-order valence-corrected chi connectivity index (χ2v) is 5.14. The van der Waals surface area contributed by atoms with Gasteiger partial charge in [-0.1, -0.05) is 36.4 Å². The van der Waals surface area contributed by atoms with Gasteiger partial charge in [-0.25, -0.2) is 13.6 Å². The first-order valence-corrected chi connectivity index (χ1v) is 7.20. The number of amides is 2. The number of carbonyl (C=O) groups excluding carboxylic acids is 1. The molecule has 3 N–H and O–H groups in total. The minimum Gasteiger partial charge on any atom is -0.386 e. The molecule has 122 valence electrons. The molecule has 2 amide bonds. The summed E-state index contributed by atoms with van der Waals surface area (Å²) < 4.78 is 27.1. The molecule has 0 saturated carbocycles. The van der Waals surface area contributed by atoms with Crippen LogP contribution in [0.3, 0.4) is 0 Å². The lowest BCUT2D eigenvalue weighted by Gasteiger charge is -2.17. The highest BCUT2D eigenvalue weighted by atomic mass is 19.1. The van der Waals surface area contributed by atoms with Gasteiger partial charge in [0.25, 0.3) is 0 Å². The Balaban J connectivity index is 1.89. The number of urea groups is 1. The Hall–Kier alpha value is -2.47. The Morgan fingerprint density at radius 1 is 1.09 bits per heavy atom. The maximum atomic E-state index is 13.5. The molecule has 2 atom stereocenters. The van der Waals surface area contributed by atoms with E-state index in [2.05, 4.69) is 10.6 Å². The van der Waals surface area contributed by atoms with Crippen LogP contribution >= 0.6 is 0 Å². The quantitative estimate of drug-likeness (QED) is 0.793. The Kier molecular flexibility index (Phi) is 5.65. The molecule has 0 saturated heterocycles. The van der Waals surface area contributed by atoms with Gasteiger partial charge in [0.2, 0.25) is 0 Å². The summed E-state index contributed by atoms with van der Waals surface area (Å²) in [6, 6.07) is 11.9. The fourth-order valence-corrected chi connectivity index (χ4v) is 2.19. The first-order valence-electron chi connectivity index (χ1n) is 7.20. The van der Waals surface area contributed by atoms with Gasteiger partial charge >= 0.3 is 6.03 Å². The molecular formula is C17H18F2N2O2. The van der Waals surface area contributed by atoms with E-state index in [1.807, 2.05) is 37.3 Å². The molecule has 0 bridgehead atoms. The van der Waals surface area contributed by atoms with Gasteiger partial charge < -0.3 is 15.7 Å². The topological polar surface area (TPSA) is 61.4 Å². The van der Waals surface area contributed by atoms with Crippen molar-refractivity contribution in [2.45, 2.75) is 19.1 Å². The molecule has 0 spiro atoms. The molecule has 4 nitrogen and oxygen atoms in total. The molecule has 0 radical (unpaired) electrons. The molecule has 0 fully saturated rings. The monoisotopic (exact) mass is 320 g/mol. The highest BCUT2D eigenvalue weighted by molar-refractivity contribution is 5.74. The average molecular weight is 320 g/mol. The van der Waals surface area contributed by atoms with Crippen LogP contribution < -0.4 is 10.6 Å². The number of hydrogen-bond donors (Lipinski definition) is 3. The van der Waals surface area contributed by atoms with Gasteiger partial charge in [0.1, 0.15) is 17.7 Å². The van der Waals surface area contributed by atoms with Gasteiger partial charge in [0.15, 0.2) is 0 Å². The molecule has 0 aliphatic rings. The normalized spacial score (nSPS) is 13.2. The van der Waals surface area contributed by atoms with Crippen molar-refractivity contribution < 1.29 is 18.7 Å². The Bertz CT molecular complexity index is 645. The van der Waals surface area contributed by atoms with E-state index in [0.29, 0.717) is 0 Å². The summed E-state index contributed by atoms with van der Waals surface area (Å²) in [5.41, 5.74) is 0.465. The number of aliphatic hydroxyl groups is 1. The van der Waals surface area contributed by atoms with Crippen molar-refractivity contribution in [2.24, 2.45) is 0 Å². The third-order valence-electron chi connectivity index (χ3n) is 3.44. The molecular weight excluding hydrogens is 302 g/mol. The fraction of sp³-hybridized carbons (Fsp3) is 0.235. The summed E-state index contributed by atoms with van der Waals surface area (Å²) in [7, 11) is 0. The molecule has 2 rings (SSSR count). The van der Waals surface area contributed by atoms with E-state index in [9.17, 15) is 18.7 Å². The zero-order valence-electron chi connectivity index (χ0n) is 12.6. The van der Waals surface area contributed by atoms with E-state index in [0.717, 1.165) is 17.7 Å². The molecule has 0 aliphatic carbocycles. The number of rotatable bonds is 5. The van der Waals surface area contributed by atoms with E-state index < -0.39 is 29.3 Å². The largest absolute Gasteiger partial charge is 0.386 e. The van der Waals surface area contributed by atoms with Crippen molar-refractivity contribution in [2.75, 3.05) is 6.54 Å². The predicted molar refractivity (Wildman–Crippen MR) is 82.7 cm³/mol. The van der Waals surface area contributed by atoms with Crippen molar-refractivity contribution in [1.29, 1.82) is 0 Å². The Morgan fingerprint density at radius 2 is 1.70 bits per heavy atom. The van der Waals surface area contributed by atoms with E-state index in [1.54, 1.807) is 0 Å². The second-order valence-electron chi connectivity index (χ2n) is 5.14. The van der Waals surface area contributed by atoms with E-state index in [4.69, 9.17) is 0 Å². The zero-order chi connectivity index (χ0) is 16.8. The number of nitrogens with one attached hydrogen (secondary N) is 2. The Labute approximate surface area is 133 Å². The molecule has 23 heavy (non-hydrogen) atoms. The van der Waals surface area contributed by atoms with Gasteiger partial charge in [0, 0.05) is 6.54 Å². The van der Waals surface area contributed by atoms with Crippen molar-refractivity contribution in [1.82, 2.24) is 10.6 Å². The lowest BCUT2D eigenvalue weighted by molar-refractivity contribution is 0.164. The van der Waals surface area contributed by atoms with Crippen LogP contribution in [0.5, 0.6) is 0 Å². The number of aliphatic hydroxyl groups excluding tert-OH is 1. The highest BCUT2D eigenvalue weighted by Gasteiger charge is 2.18. The van der Waals surface area contributed by atoms with Gasteiger partial charge in [-0.05, 0) is 24.6 Å². The van der Waals surface area contributed by atoms with Crippen molar-refractivity contribution in [3.05, 3.63) is 71.3 Å². The number of halogens is 2. The van der Waals surface area contributed by atoms with Crippen LogP contribution in [0.15, 0.2) is 48.5 Å². The number of hydrogen-bond acceptors (Lipinski definition) is 2. The first-order chi connectivity index (χ1) is 11.0. The summed E-state index contributed by atoms with van der Waals surface area (Å²) in [5, 5.41) is 14.9. The lowest BCUT2D eigenvalue weighted by Crippen LogP contribution is -2.39. The maximum absolute atomic E-state index is 13.5. The minimum atomic E-state index is -1.46. The first kappa shape index (κ1) is 16.9. The van der Waals surface area contributed by atoms with Crippen molar-refractivity contribution in [3.63, 3.8) is 0 Å². The summed E-state index contributed by atoms with van der Waals surface area (Å²) in [4.78, 5) is 11.8. The van der Waals surface area contributed by atoms with Gasteiger partial charge in [-0.15, -0.1) is 0 Å². The standard InChI is InChI=1S/C17H18F2N2O2/c1-11(12-6-3-2-4-7-12)21-17(23)20-10-15(22)16-13(18)8-5-9-14(16)19/h2-9,11,15,22H,10H2,1H3,(H2,20,21,23). The number of carbonyl (C=O) groups is 1. The fourth-order valence-electron chi connectivity index (χ4n) is 2.19. The van der Waals surface area contributed by atoms with Crippen LogP contribution in [0.25, 0.3) is 0 Å². The third kappa shape index (κ3) is 4.50. The van der Waals surface area contributed by atoms with E-state index in [1.165, 1.54) is 6.07 Å². The smallest absolute Gasteiger partial charge is 0.315 e. The van der Waals surface area contributed by atoms with E-state index in [-0.39, 0.29) is 12.6 Å². The van der Waals surface area contributed by atoms with Crippen LogP contribution in [0, 0.1) is 11.6 Å². The summed E-state index contributed by atoms with van der Waals surface area (Å²) >= 11 is 0. The molecule has 6 heteroatoms. The molecule has 0 heterocycles. The van der Waals surface area contributed by atoms with Gasteiger partial charge in [0.05, 0.1) is 11.6 Å². The molecule has 0 aliphatic heterocycles. The molecule has 2 aromatic rings. The number of benzene rings is 2. The van der Waals surface area contributed by atoms with E-state index >= 15 is 0 Å². The van der Waals surface area contributed by atoms with Crippen LogP contribution in [0.1, 0.15) is 30.2 Å². The minimum absolute atomic E-state index is 0.237. The van der Waals surface area contributed by atoms with Crippen LogP contribution in [-0.2, 0) is 0 Å². The van der Waals surface area contributed by atoms with Gasteiger partial charge in [-0.3, -0.25) is 0 Å². The predicted octanol–water partition coefficient (Wildman–Crippen LogP) is 3.06. The molecule has 2 aromatic carbocycles. The summed E-state index contributed by atoms with van der Waals surface area (Å²) in [6.45, 7) is 1.51. The SMILES string of the molecule is CC(NC(=O)NCC(O)c1c(F)cccc1F)c1ccccc1. The third-order valence-corrected chi connectivity index (χ3v) is 3.44. The van der Waals surface area contributed by atoms with Crippen molar-refractivity contribution in [3.8, 4) is 0 Å². The molecule has 0 aromatic heterocycles. The summed E-state index contributed by atoms with van der Waals surface area (Å²) in [5.74, 6) is -1.70. The highest BCUT2D eigenvalue weighted by Crippen LogP contribution is 2.20. The Morgan fingerprint density at radius 3 is 2.30 bits per heavy atom. The maximum Gasteiger partial charge on any atom is 0.315 e. The second kappa shape index (κ2) is 7.69. The van der Waals surface area contributed by atoms with Crippen LogP contribution in [0.2, 0.25) is 0 Å². The lowest BCUT2D eigenvalue weighted by atomic mass is 10.1. The van der Waals surface area contributed by atoms with Crippen LogP contribution in [0.4, 0.5) is 13.6 Å². The van der Waals surface area contributed by atoms with Crippen LogP contribution in [-0.4, -0.2) is 17.7 Å². The molecule has 2 unspecified atom stereocenters. The van der Waals surface area contributed by atoms with Crippen molar-refractivity contribution >= 4 is 6.03 Å².